The fourth-order valence-electron chi connectivity index (χ4n) is 1.62. The van der Waals surface area contributed by atoms with Gasteiger partial charge in [-0.1, -0.05) is 0 Å². The predicted molar refractivity (Wildman–Crippen MR) is 78.7 cm³/mol. The lowest BCUT2D eigenvalue weighted by Gasteiger charge is -2.27. The summed E-state index contributed by atoms with van der Waals surface area (Å²) in [5.74, 6) is 1.11. The lowest BCUT2D eigenvalue weighted by molar-refractivity contribution is 0.198. The lowest BCUT2D eigenvalue weighted by Crippen LogP contribution is -2.11. The quantitative estimate of drug-likeness (QED) is 0.755. The van der Waals surface area contributed by atoms with Crippen LogP contribution in [0, 0.1) is 10.4 Å². The van der Waals surface area contributed by atoms with E-state index in [0.29, 0.717) is 33.3 Å². The largest absolute Gasteiger partial charge is 0.733 e. The molecule has 0 fully saturated rings. The number of nitrogens with zero attached hydrogens (tertiary/aromatic N) is 2. The van der Waals surface area contributed by atoms with Gasteiger partial charge in [-0.05, 0) is 48.5 Å². The van der Waals surface area contributed by atoms with Crippen molar-refractivity contribution in [2.24, 2.45) is 0 Å². The molecule has 0 bridgehead atoms. The van der Waals surface area contributed by atoms with Gasteiger partial charge in [-0.25, -0.2) is 0 Å². The molecule has 0 N–H and O–H groups in total. The highest BCUT2D eigenvalue weighted by atomic mass is 16.9. The van der Waals surface area contributed by atoms with Crippen LogP contribution in [-0.2, 0) is 9.68 Å². The van der Waals surface area contributed by atoms with Crippen LogP contribution in [0.2, 0.25) is 0 Å². The van der Waals surface area contributed by atoms with E-state index in [0.717, 1.165) is 0 Å². The van der Waals surface area contributed by atoms with Crippen LogP contribution in [0.3, 0.4) is 0 Å². The Labute approximate surface area is 121 Å². The summed E-state index contributed by atoms with van der Waals surface area (Å²) in [6.07, 6.45) is 0. The van der Waals surface area contributed by atoms with Gasteiger partial charge in [-0.3, -0.25) is 9.68 Å². The summed E-state index contributed by atoms with van der Waals surface area (Å²) in [7, 11) is 2.58. The summed E-state index contributed by atoms with van der Waals surface area (Å²) in [5.41, 5.74) is 0.726. The fourth-order valence-corrected chi connectivity index (χ4v) is 1.62. The van der Waals surface area contributed by atoms with E-state index >= 15 is 0 Å². The minimum Gasteiger partial charge on any atom is -0.733 e. The van der Waals surface area contributed by atoms with Gasteiger partial charge in [0.2, 0.25) is 0 Å². The van der Waals surface area contributed by atoms with Gasteiger partial charge >= 0.3 is 0 Å². The van der Waals surface area contributed by atoms with Crippen LogP contribution >= 0.6 is 0 Å². The van der Waals surface area contributed by atoms with Gasteiger partial charge in [0, 0.05) is 0 Å². The van der Waals surface area contributed by atoms with Crippen LogP contribution < -0.4 is 15.2 Å². The Morgan fingerprint density at radius 1 is 0.667 bits per heavy atom. The zero-order valence-corrected chi connectivity index (χ0v) is 11.6. The van der Waals surface area contributed by atoms with E-state index in [1.807, 2.05) is 0 Å². The zero-order chi connectivity index (χ0) is 15.2. The summed E-state index contributed by atoms with van der Waals surface area (Å²) in [6.45, 7) is 0. The minimum atomic E-state index is 0.363. The Balaban J connectivity index is 2.04. The third-order valence-corrected chi connectivity index (χ3v) is 2.66. The second-order valence-electron chi connectivity index (χ2n) is 3.97. The van der Waals surface area contributed by atoms with Gasteiger partial charge in [0.15, 0.2) is 0 Å². The first-order valence-electron chi connectivity index (χ1n) is 6.04. The van der Waals surface area contributed by atoms with Crippen LogP contribution in [0.4, 0.5) is 11.4 Å². The molecule has 2 aromatic carbocycles. The molecule has 0 unspecified atom stereocenters. The highest BCUT2D eigenvalue weighted by Crippen LogP contribution is 2.26. The van der Waals surface area contributed by atoms with Crippen molar-refractivity contribution in [3.8, 4) is 11.5 Å². The second-order valence-corrected chi connectivity index (χ2v) is 3.97. The molecule has 0 aliphatic carbocycles. The third kappa shape index (κ3) is 3.83. The molecule has 2 rings (SSSR count). The van der Waals surface area contributed by atoms with E-state index in [9.17, 15) is 10.4 Å². The molecule has 112 valence electrons. The third-order valence-electron chi connectivity index (χ3n) is 2.66. The Morgan fingerprint density at radius 2 is 1.00 bits per heavy atom. The number of hydrogen-bond acceptors (Lipinski definition) is 7. The van der Waals surface area contributed by atoms with Crippen molar-refractivity contribution in [1.29, 1.82) is 0 Å². The highest BCUT2D eigenvalue weighted by molar-refractivity contribution is 5.50. The van der Waals surface area contributed by atoms with Crippen molar-refractivity contribution in [2.45, 2.75) is 0 Å². The molecule has 21 heavy (non-hydrogen) atoms. The first kappa shape index (κ1) is 15.1. The zero-order valence-electron chi connectivity index (χ0n) is 11.6. The second kappa shape index (κ2) is 6.91. The van der Waals surface area contributed by atoms with Crippen LogP contribution in [-0.4, -0.2) is 14.2 Å². The minimum absolute atomic E-state index is 0.363. The predicted octanol–water partition coefficient (Wildman–Crippen LogP) is 3.21. The topological polar surface area (TPSA) is 80.3 Å². The molecule has 7 heteroatoms. The van der Waals surface area contributed by atoms with E-state index in [1.165, 1.54) is 14.2 Å². The van der Waals surface area contributed by atoms with Gasteiger partial charge in [-0.15, -0.1) is 0 Å². The van der Waals surface area contributed by atoms with Crippen molar-refractivity contribution in [1.82, 2.24) is 0 Å². The van der Waals surface area contributed by atoms with Gasteiger partial charge < -0.3 is 25.6 Å². The standard InChI is InChI=1S/C14H14N2O5/c1-19-15(17)11-3-7-13(8-4-11)21-14-9-5-12(6-10-14)16(18)20-2/h3-10H,1-2H3/q-2. The Morgan fingerprint density at radius 3 is 1.29 bits per heavy atom. The van der Waals surface area contributed by atoms with Crippen molar-refractivity contribution in [2.75, 3.05) is 24.7 Å². The molecule has 0 spiro atoms. The number of ether oxygens (including phenoxy) is 1. The first-order valence-corrected chi connectivity index (χ1v) is 6.04. The van der Waals surface area contributed by atoms with Crippen molar-refractivity contribution in [3.05, 3.63) is 58.9 Å². The summed E-state index contributed by atoms with van der Waals surface area (Å²) in [5, 5.41) is 23.2. The molecule has 0 aromatic heterocycles. The molecular weight excluding hydrogens is 276 g/mol. The number of rotatable bonds is 6. The SMILES string of the molecule is CON([O-])c1ccc(Oc2ccc(N([O-])OC)cc2)cc1. The maximum atomic E-state index is 11.2. The van der Waals surface area contributed by atoms with Crippen LogP contribution in [0.25, 0.3) is 0 Å². The normalized spacial score (nSPS) is 10.3. The molecule has 2 aromatic rings. The van der Waals surface area contributed by atoms with Gasteiger partial charge in [0.05, 0.1) is 25.6 Å². The van der Waals surface area contributed by atoms with Crippen molar-refractivity contribution in [3.63, 3.8) is 0 Å². The Kier molecular flexibility index (Phi) is 4.96. The number of anilines is 2. The van der Waals surface area contributed by atoms with E-state index in [1.54, 1.807) is 48.5 Å². The molecule has 0 heterocycles. The number of benzene rings is 2. The molecule has 0 saturated heterocycles. The Hall–Kier alpha value is -2.32. The van der Waals surface area contributed by atoms with Crippen molar-refractivity contribution >= 4 is 11.4 Å². The van der Waals surface area contributed by atoms with E-state index in [-0.39, 0.29) is 0 Å². The fraction of sp³-hybridized carbons (Fsp3) is 0.143. The van der Waals surface area contributed by atoms with Gasteiger partial charge in [0.1, 0.15) is 11.5 Å². The average Bonchev–Trinajstić information content (AvgIpc) is 2.55. The summed E-state index contributed by atoms with van der Waals surface area (Å²) < 4.78 is 5.59. The van der Waals surface area contributed by atoms with Crippen LogP contribution in [0.1, 0.15) is 0 Å². The van der Waals surface area contributed by atoms with Crippen molar-refractivity contribution < 1.29 is 14.4 Å². The maximum absolute atomic E-state index is 11.2. The monoisotopic (exact) mass is 290 g/mol. The van der Waals surface area contributed by atoms with Crippen LogP contribution in [0.15, 0.2) is 48.5 Å². The Bertz CT molecular complexity index is 507. The lowest BCUT2D eigenvalue weighted by atomic mass is 10.3. The molecule has 0 radical (unpaired) electrons. The number of hydrogen-bond donors (Lipinski definition) is 0. The molecule has 0 aliphatic rings. The first-order chi connectivity index (χ1) is 10.1. The summed E-state index contributed by atoms with van der Waals surface area (Å²) in [4.78, 5) is 9.06. The smallest absolute Gasteiger partial charge is 0.127 e. The molecule has 0 atom stereocenters. The van der Waals surface area contributed by atoms with E-state index in [2.05, 4.69) is 9.68 Å². The van der Waals surface area contributed by atoms with Crippen LogP contribution in [0.5, 0.6) is 11.5 Å². The molecule has 0 saturated carbocycles. The maximum Gasteiger partial charge on any atom is 0.127 e. The molecule has 7 nitrogen and oxygen atoms in total. The summed E-state index contributed by atoms with van der Waals surface area (Å²) in [6, 6.07) is 12.9. The molecule has 0 aliphatic heterocycles. The molecular formula is C14H14N2O5-2. The van der Waals surface area contributed by atoms with E-state index in [4.69, 9.17) is 4.74 Å². The highest BCUT2D eigenvalue weighted by Gasteiger charge is 2.00. The van der Waals surface area contributed by atoms with Gasteiger partial charge in [-0.2, -0.15) is 0 Å². The summed E-state index contributed by atoms with van der Waals surface area (Å²) >= 11 is 0. The average molecular weight is 290 g/mol. The van der Waals surface area contributed by atoms with Gasteiger partial charge in [0.25, 0.3) is 0 Å². The van der Waals surface area contributed by atoms with E-state index < -0.39 is 0 Å². The molecule has 0 amide bonds.